The molecule has 0 fully saturated rings. The zero-order valence-electron chi connectivity index (χ0n) is 11.2. The third-order valence-electron chi connectivity index (χ3n) is 3.52. The van der Waals surface area contributed by atoms with Crippen LogP contribution < -0.4 is 0 Å². The quantitative estimate of drug-likeness (QED) is 0.440. The van der Waals surface area contributed by atoms with Gasteiger partial charge < -0.3 is 0 Å². The molecular formula is C18H13BrCl2. The topological polar surface area (TPSA) is 0 Å². The summed E-state index contributed by atoms with van der Waals surface area (Å²) in [6.07, 6.45) is 0.769. The molecule has 0 aliphatic heterocycles. The van der Waals surface area contributed by atoms with E-state index in [-0.39, 0.29) is 5.38 Å². The van der Waals surface area contributed by atoms with E-state index < -0.39 is 0 Å². The van der Waals surface area contributed by atoms with Gasteiger partial charge in [0, 0.05) is 9.50 Å². The summed E-state index contributed by atoms with van der Waals surface area (Å²) in [7, 11) is 0. The summed E-state index contributed by atoms with van der Waals surface area (Å²) in [5.74, 6) is 0. The van der Waals surface area contributed by atoms with Crippen LogP contribution in [-0.4, -0.2) is 0 Å². The molecule has 106 valence electrons. The zero-order valence-corrected chi connectivity index (χ0v) is 14.3. The van der Waals surface area contributed by atoms with Crippen molar-refractivity contribution in [3.8, 4) is 0 Å². The second-order valence-electron chi connectivity index (χ2n) is 5.02. The molecule has 1 unspecified atom stereocenters. The minimum absolute atomic E-state index is 0.112. The highest BCUT2D eigenvalue weighted by Crippen LogP contribution is 2.33. The van der Waals surface area contributed by atoms with Gasteiger partial charge >= 0.3 is 0 Å². The minimum atomic E-state index is -0.112. The van der Waals surface area contributed by atoms with E-state index in [4.69, 9.17) is 23.2 Å². The van der Waals surface area contributed by atoms with Crippen molar-refractivity contribution in [2.75, 3.05) is 0 Å². The van der Waals surface area contributed by atoms with E-state index in [1.54, 1.807) is 0 Å². The van der Waals surface area contributed by atoms with Crippen molar-refractivity contribution in [1.29, 1.82) is 0 Å². The van der Waals surface area contributed by atoms with Crippen molar-refractivity contribution in [3.05, 3.63) is 81.3 Å². The van der Waals surface area contributed by atoms with Gasteiger partial charge in [-0.1, -0.05) is 70.0 Å². The molecule has 0 aliphatic rings. The van der Waals surface area contributed by atoms with Crippen LogP contribution in [0.3, 0.4) is 0 Å². The van der Waals surface area contributed by atoms with Crippen LogP contribution in [-0.2, 0) is 6.42 Å². The lowest BCUT2D eigenvalue weighted by atomic mass is 10.0. The molecule has 0 aliphatic carbocycles. The lowest BCUT2D eigenvalue weighted by molar-refractivity contribution is 0.916. The van der Waals surface area contributed by atoms with Crippen molar-refractivity contribution in [2.45, 2.75) is 11.8 Å². The van der Waals surface area contributed by atoms with Gasteiger partial charge in [-0.15, -0.1) is 11.6 Å². The first-order valence-corrected chi connectivity index (χ1v) is 8.31. The predicted molar refractivity (Wildman–Crippen MR) is 95.4 cm³/mol. The predicted octanol–water partition coefficient (Wildman–Crippen LogP) is 6.78. The van der Waals surface area contributed by atoms with Crippen molar-refractivity contribution >= 4 is 49.9 Å². The van der Waals surface area contributed by atoms with Crippen LogP contribution in [0.2, 0.25) is 5.02 Å². The van der Waals surface area contributed by atoms with Crippen LogP contribution >= 0.6 is 39.1 Å². The SMILES string of the molecule is Clc1ccc(Br)c(C(Cl)Cc2ccc3ccccc3c2)c1. The fraction of sp³-hybridized carbons (Fsp3) is 0.111. The van der Waals surface area contributed by atoms with Crippen LogP contribution in [0, 0.1) is 0 Å². The molecule has 0 nitrogen and oxygen atoms in total. The molecule has 1 atom stereocenters. The largest absolute Gasteiger partial charge is 0.117 e. The van der Waals surface area contributed by atoms with Gasteiger partial charge in [-0.25, -0.2) is 0 Å². The van der Waals surface area contributed by atoms with Gasteiger partial charge in [0.1, 0.15) is 0 Å². The fourth-order valence-electron chi connectivity index (χ4n) is 2.44. The average molecular weight is 380 g/mol. The Kier molecular flexibility index (Phi) is 4.54. The molecule has 21 heavy (non-hydrogen) atoms. The molecule has 3 aromatic carbocycles. The molecular weight excluding hydrogens is 367 g/mol. The molecule has 3 aromatic rings. The maximum Gasteiger partial charge on any atom is 0.0637 e. The first-order chi connectivity index (χ1) is 10.1. The number of hydrogen-bond donors (Lipinski definition) is 0. The maximum absolute atomic E-state index is 6.58. The summed E-state index contributed by atoms with van der Waals surface area (Å²) < 4.78 is 0.993. The highest BCUT2D eigenvalue weighted by Gasteiger charge is 2.13. The smallest absolute Gasteiger partial charge is 0.0637 e. The van der Waals surface area contributed by atoms with Crippen LogP contribution in [0.15, 0.2) is 65.1 Å². The zero-order chi connectivity index (χ0) is 14.8. The summed E-state index contributed by atoms with van der Waals surface area (Å²) >= 11 is 16.2. The van der Waals surface area contributed by atoms with Gasteiger partial charge in [0.25, 0.3) is 0 Å². The highest BCUT2D eigenvalue weighted by molar-refractivity contribution is 9.10. The Hall–Kier alpha value is -1.02. The summed E-state index contributed by atoms with van der Waals surface area (Å²) in [4.78, 5) is 0. The van der Waals surface area contributed by atoms with Crippen molar-refractivity contribution in [2.24, 2.45) is 0 Å². The molecule has 0 radical (unpaired) electrons. The second-order valence-corrected chi connectivity index (χ2v) is 6.84. The number of fused-ring (bicyclic) bond motifs is 1. The lowest BCUT2D eigenvalue weighted by Crippen LogP contribution is -1.97. The van der Waals surface area contributed by atoms with E-state index in [1.807, 2.05) is 18.2 Å². The van der Waals surface area contributed by atoms with Crippen LogP contribution in [0.25, 0.3) is 10.8 Å². The molecule has 0 amide bonds. The Morgan fingerprint density at radius 1 is 0.905 bits per heavy atom. The average Bonchev–Trinajstić information content (AvgIpc) is 2.49. The first-order valence-electron chi connectivity index (χ1n) is 6.70. The number of rotatable bonds is 3. The minimum Gasteiger partial charge on any atom is -0.117 e. The third kappa shape index (κ3) is 3.42. The second kappa shape index (κ2) is 6.39. The van der Waals surface area contributed by atoms with E-state index >= 15 is 0 Å². The summed E-state index contributed by atoms with van der Waals surface area (Å²) in [5, 5.41) is 3.08. The number of benzene rings is 3. The Labute approximate surface area is 142 Å². The Morgan fingerprint density at radius 3 is 2.48 bits per heavy atom. The molecule has 3 rings (SSSR count). The molecule has 0 spiro atoms. The number of alkyl halides is 1. The van der Waals surface area contributed by atoms with Crippen LogP contribution in [0.5, 0.6) is 0 Å². The molecule has 0 aromatic heterocycles. The molecule has 0 N–H and O–H groups in total. The Morgan fingerprint density at radius 2 is 1.67 bits per heavy atom. The van der Waals surface area contributed by atoms with E-state index in [1.165, 1.54) is 16.3 Å². The third-order valence-corrected chi connectivity index (χ3v) is 4.87. The monoisotopic (exact) mass is 378 g/mol. The van der Waals surface area contributed by atoms with Gasteiger partial charge in [-0.2, -0.15) is 0 Å². The Bertz CT molecular complexity index is 783. The van der Waals surface area contributed by atoms with Crippen molar-refractivity contribution in [3.63, 3.8) is 0 Å². The number of halogens is 3. The lowest BCUT2D eigenvalue weighted by Gasteiger charge is -2.13. The van der Waals surface area contributed by atoms with E-state index in [2.05, 4.69) is 58.4 Å². The fourth-order valence-corrected chi connectivity index (χ4v) is 3.63. The van der Waals surface area contributed by atoms with Crippen molar-refractivity contribution in [1.82, 2.24) is 0 Å². The normalized spacial score (nSPS) is 12.5. The van der Waals surface area contributed by atoms with Gasteiger partial charge in [-0.3, -0.25) is 0 Å². The highest BCUT2D eigenvalue weighted by atomic mass is 79.9. The standard InChI is InChI=1S/C18H13BrCl2/c19-17-8-7-15(20)11-16(17)18(21)10-12-5-6-13-3-1-2-4-14(13)9-12/h1-9,11,18H,10H2. The van der Waals surface area contributed by atoms with E-state index in [9.17, 15) is 0 Å². The van der Waals surface area contributed by atoms with Crippen LogP contribution in [0.1, 0.15) is 16.5 Å². The summed E-state index contributed by atoms with van der Waals surface area (Å²) in [6, 6.07) is 20.5. The van der Waals surface area contributed by atoms with Gasteiger partial charge in [-0.05, 0) is 46.5 Å². The summed E-state index contributed by atoms with van der Waals surface area (Å²) in [6.45, 7) is 0. The molecule has 0 bridgehead atoms. The molecule has 0 saturated carbocycles. The van der Waals surface area contributed by atoms with Crippen LogP contribution in [0.4, 0.5) is 0 Å². The van der Waals surface area contributed by atoms with Gasteiger partial charge in [0.2, 0.25) is 0 Å². The maximum atomic E-state index is 6.58. The van der Waals surface area contributed by atoms with Gasteiger partial charge in [0.15, 0.2) is 0 Å². The van der Waals surface area contributed by atoms with E-state index in [0.717, 1.165) is 16.5 Å². The molecule has 0 saturated heterocycles. The summed E-state index contributed by atoms with van der Waals surface area (Å²) in [5.41, 5.74) is 2.25. The number of hydrogen-bond acceptors (Lipinski definition) is 0. The first kappa shape index (κ1) is 14.9. The Balaban J connectivity index is 1.88. The molecule has 3 heteroatoms. The van der Waals surface area contributed by atoms with Gasteiger partial charge in [0.05, 0.1) is 5.38 Å². The molecule has 0 heterocycles. The van der Waals surface area contributed by atoms with E-state index in [0.29, 0.717) is 5.02 Å². The van der Waals surface area contributed by atoms with Crippen molar-refractivity contribution < 1.29 is 0 Å².